The summed E-state index contributed by atoms with van der Waals surface area (Å²) in [6.07, 6.45) is 0. The normalized spacial score (nSPS) is 9.00. The van der Waals surface area contributed by atoms with E-state index >= 15 is 0 Å². The van der Waals surface area contributed by atoms with Gasteiger partial charge in [-0.05, 0) is 0 Å². The molecule has 0 unspecified atom stereocenters. The molecule has 0 saturated carbocycles. The second-order valence-corrected chi connectivity index (χ2v) is 6.84. The van der Waals surface area contributed by atoms with Gasteiger partial charge in [-0.25, -0.2) is 0 Å². The van der Waals surface area contributed by atoms with Gasteiger partial charge in [0.25, 0.3) is 0 Å². The molecule has 0 aliphatic heterocycles. The van der Waals surface area contributed by atoms with E-state index in [1.807, 2.05) is 0 Å². The molecule has 9 nitrogen and oxygen atoms in total. The van der Waals surface area contributed by atoms with E-state index in [2.05, 4.69) is 8.56 Å². The first-order valence-electron chi connectivity index (χ1n) is 4.79. The van der Waals surface area contributed by atoms with Crippen molar-refractivity contribution in [3.8, 4) is 0 Å². The molecule has 0 spiro atoms. The van der Waals surface area contributed by atoms with E-state index in [0.717, 1.165) is 20.8 Å². The molecule has 0 fully saturated rings. The topological polar surface area (TPSA) is 130 Å². The zero-order valence-corrected chi connectivity index (χ0v) is 13.5. The second-order valence-electron chi connectivity index (χ2n) is 3.17. The summed E-state index contributed by atoms with van der Waals surface area (Å²) in [6, 6.07) is 0. The Hall–Kier alpha value is -1.71. The predicted octanol–water partition coefficient (Wildman–Crippen LogP) is -1.63. The van der Waals surface area contributed by atoms with Crippen molar-refractivity contribution in [3.05, 3.63) is 0 Å². The van der Waals surface area contributed by atoms with Crippen molar-refractivity contribution >= 4 is 58.0 Å². The Morgan fingerprint density at radius 3 is 0.947 bits per heavy atom. The Labute approximate surface area is 116 Å². The molecule has 0 saturated heterocycles. The standard InChI is InChI=1S/3C3H4O3.In/c3*1-2(4)3(5)6;/h3*1H3,(H,5,6);/q;;;+3/p-3. The molecular formula is C9H9InO9. The number of ketones is 3. The van der Waals surface area contributed by atoms with Crippen LogP contribution in [-0.2, 0) is 37.3 Å². The van der Waals surface area contributed by atoms with Crippen molar-refractivity contribution in [3.63, 3.8) is 0 Å². The number of hydrogen-bond acceptors (Lipinski definition) is 9. The van der Waals surface area contributed by atoms with Crippen molar-refractivity contribution in [2.75, 3.05) is 0 Å². The zero-order valence-electron chi connectivity index (χ0n) is 10.3. The van der Waals surface area contributed by atoms with Gasteiger partial charge in [0.15, 0.2) is 0 Å². The summed E-state index contributed by atoms with van der Waals surface area (Å²) in [5.74, 6) is -7.19. The van der Waals surface area contributed by atoms with E-state index in [-0.39, 0.29) is 0 Å². The monoisotopic (exact) mass is 376 g/mol. The molecule has 0 aliphatic carbocycles. The van der Waals surface area contributed by atoms with Crippen molar-refractivity contribution in [2.45, 2.75) is 20.8 Å². The van der Waals surface area contributed by atoms with Crippen molar-refractivity contribution < 1.29 is 37.3 Å². The van der Waals surface area contributed by atoms with Crippen LogP contribution >= 0.6 is 0 Å². The third-order valence-corrected chi connectivity index (χ3v) is 4.95. The Bertz CT molecular complexity index is 386. The van der Waals surface area contributed by atoms with Gasteiger partial charge in [0.1, 0.15) is 0 Å². The molecule has 0 aromatic rings. The van der Waals surface area contributed by atoms with Gasteiger partial charge in [0, 0.05) is 0 Å². The van der Waals surface area contributed by atoms with Crippen LogP contribution in [-0.4, -0.2) is 58.0 Å². The summed E-state index contributed by atoms with van der Waals surface area (Å²) in [7, 11) is 0. The molecule has 0 atom stereocenters. The fourth-order valence-electron chi connectivity index (χ4n) is 0.583. The van der Waals surface area contributed by atoms with Crippen LogP contribution < -0.4 is 0 Å². The minimum absolute atomic E-state index is 0.880. The van der Waals surface area contributed by atoms with Gasteiger partial charge in [-0.3, -0.25) is 0 Å². The molecule has 10 heteroatoms. The molecule has 0 radical (unpaired) electrons. The fourth-order valence-corrected chi connectivity index (χ4v) is 3.91. The Kier molecular flexibility index (Phi) is 6.98. The molecule has 0 bridgehead atoms. The molecule has 0 rings (SSSR count). The predicted molar refractivity (Wildman–Crippen MR) is 56.1 cm³/mol. The molecular weight excluding hydrogens is 367 g/mol. The van der Waals surface area contributed by atoms with Gasteiger partial charge in [0.05, 0.1) is 0 Å². The average molecular weight is 376 g/mol. The van der Waals surface area contributed by atoms with Crippen LogP contribution in [0, 0.1) is 0 Å². The summed E-state index contributed by atoms with van der Waals surface area (Å²) in [5.41, 5.74) is 0. The number of Topliss-reactive ketones (excluding diaryl/α,β-unsaturated/α-hetero) is 3. The Morgan fingerprint density at radius 1 is 0.579 bits per heavy atom. The van der Waals surface area contributed by atoms with Gasteiger partial charge in [-0.15, -0.1) is 0 Å². The quantitative estimate of drug-likeness (QED) is 0.502. The van der Waals surface area contributed by atoms with Crippen LogP contribution in [0.25, 0.3) is 0 Å². The summed E-state index contributed by atoms with van der Waals surface area (Å²) in [4.78, 5) is 64.9. The maximum atomic E-state index is 11.0. The van der Waals surface area contributed by atoms with E-state index in [0.29, 0.717) is 0 Å². The number of hydrogen-bond donors (Lipinski definition) is 0. The Balaban J connectivity index is 4.82. The molecule has 0 N–H and O–H groups in total. The third-order valence-electron chi connectivity index (χ3n) is 1.47. The average Bonchev–Trinajstić information content (AvgIpc) is 2.27. The van der Waals surface area contributed by atoms with Gasteiger partial charge in [0.2, 0.25) is 0 Å². The van der Waals surface area contributed by atoms with Gasteiger partial charge in [-0.1, -0.05) is 0 Å². The molecule has 0 aliphatic rings. The summed E-state index contributed by atoms with van der Waals surface area (Å²) < 4.78 is 13.2. The van der Waals surface area contributed by atoms with Crippen LogP contribution in [0.3, 0.4) is 0 Å². The molecule has 0 heterocycles. The molecule has 19 heavy (non-hydrogen) atoms. The van der Waals surface area contributed by atoms with Crippen molar-refractivity contribution in [1.29, 1.82) is 0 Å². The SMILES string of the molecule is CC(=O)C(=O)[O][In]([O]C(=O)C(C)=O)[O]C(=O)C(C)=O. The summed E-state index contributed by atoms with van der Waals surface area (Å²) in [6.45, 7) is 2.64. The van der Waals surface area contributed by atoms with E-state index in [9.17, 15) is 28.8 Å². The third kappa shape index (κ3) is 6.70. The Morgan fingerprint density at radius 2 is 0.789 bits per heavy atom. The van der Waals surface area contributed by atoms with Crippen LogP contribution in [0.5, 0.6) is 0 Å². The van der Waals surface area contributed by atoms with E-state index in [4.69, 9.17) is 0 Å². The molecule has 0 aromatic carbocycles. The molecule has 0 amide bonds. The van der Waals surface area contributed by atoms with E-state index in [1.54, 1.807) is 0 Å². The first-order valence-corrected chi connectivity index (χ1v) is 8.83. The minimum atomic E-state index is -4.55. The summed E-state index contributed by atoms with van der Waals surface area (Å²) in [5, 5.41) is 0. The van der Waals surface area contributed by atoms with Gasteiger partial charge in [-0.2, -0.15) is 0 Å². The van der Waals surface area contributed by atoms with Crippen molar-refractivity contribution in [1.82, 2.24) is 0 Å². The second kappa shape index (κ2) is 7.67. The number of rotatable bonds is 6. The fraction of sp³-hybridized carbons (Fsp3) is 0.333. The van der Waals surface area contributed by atoms with Crippen molar-refractivity contribution in [2.24, 2.45) is 0 Å². The van der Waals surface area contributed by atoms with Crippen LogP contribution in [0.15, 0.2) is 0 Å². The van der Waals surface area contributed by atoms with E-state index < -0.39 is 58.0 Å². The first kappa shape index (κ1) is 17.3. The van der Waals surface area contributed by atoms with Crippen LogP contribution in [0.1, 0.15) is 20.8 Å². The zero-order chi connectivity index (χ0) is 15.2. The molecule has 0 aromatic heterocycles. The maximum absolute atomic E-state index is 11.0. The number of carbonyl (C=O) groups is 6. The van der Waals surface area contributed by atoms with Gasteiger partial charge < -0.3 is 0 Å². The number of carbonyl (C=O) groups excluding carboxylic acids is 6. The summed E-state index contributed by atoms with van der Waals surface area (Å²) >= 11 is -4.55. The van der Waals surface area contributed by atoms with Crippen LogP contribution in [0.2, 0.25) is 0 Å². The van der Waals surface area contributed by atoms with Gasteiger partial charge >= 0.3 is 116 Å². The first-order chi connectivity index (χ1) is 8.65. The van der Waals surface area contributed by atoms with E-state index in [1.165, 1.54) is 0 Å². The molecule has 102 valence electrons. The van der Waals surface area contributed by atoms with Crippen LogP contribution in [0.4, 0.5) is 0 Å².